The second-order valence-corrected chi connectivity index (χ2v) is 3.78. The van der Waals surface area contributed by atoms with E-state index in [4.69, 9.17) is 0 Å². The van der Waals surface area contributed by atoms with E-state index < -0.39 is 0 Å². The van der Waals surface area contributed by atoms with Gasteiger partial charge in [0.05, 0.1) is 13.5 Å². The molecule has 0 aliphatic rings. The van der Waals surface area contributed by atoms with Gasteiger partial charge in [0.25, 0.3) is 0 Å². The van der Waals surface area contributed by atoms with Crippen molar-refractivity contribution >= 4 is 5.97 Å². The van der Waals surface area contributed by atoms with Crippen molar-refractivity contribution < 1.29 is 9.53 Å². The van der Waals surface area contributed by atoms with Gasteiger partial charge < -0.3 is 4.74 Å². The summed E-state index contributed by atoms with van der Waals surface area (Å²) in [7, 11) is 1.40. The third-order valence-corrected chi connectivity index (χ3v) is 2.33. The van der Waals surface area contributed by atoms with Crippen LogP contribution in [0.3, 0.4) is 0 Å². The van der Waals surface area contributed by atoms with Gasteiger partial charge in [-0.1, -0.05) is 23.3 Å². The highest BCUT2D eigenvalue weighted by molar-refractivity contribution is 5.72. The zero-order valence-electron chi connectivity index (χ0n) is 9.64. The lowest BCUT2D eigenvalue weighted by atomic mass is 10.0. The number of hydrogen-bond donors (Lipinski definition) is 0. The second kappa shape index (κ2) is 6.41. The normalized spacial score (nSPS) is 9.43. The molecule has 0 amide bonds. The molecule has 0 saturated heterocycles. The zero-order valence-corrected chi connectivity index (χ0v) is 9.64. The Bertz CT molecular complexity index is 245. The molecule has 0 heterocycles. The Morgan fingerprint density at radius 1 is 1.21 bits per heavy atom. The van der Waals surface area contributed by atoms with Gasteiger partial charge in [0.15, 0.2) is 0 Å². The Kier molecular flexibility index (Phi) is 5.93. The lowest BCUT2D eigenvalue weighted by Crippen LogP contribution is -2.01. The molecule has 0 spiro atoms. The number of methoxy groups -OCH3 is 1. The lowest BCUT2D eigenvalue weighted by molar-refractivity contribution is -0.139. The maximum atomic E-state index is 10.9. The Balaban J connectivity index is 3.87. The first kappa shape index (κ1) is 12.9. The van der Waals surface area contributed by atoms with E-state index in [1.54, 1.807) is 0 Å². The average Bonchev–Trinajstić information content (AvgIpc) is 2.13. The Morgan fingerprint density at radius 2 is 1.79 bits per heavy atom. The quantitative estimate of drug-likeness (QED) is 0.498. The molecule has 0 rings (SSSR count). The van der Waals surface area contributed by atoms with Gasteiger partial charge in [-0.3, -0.25) is 4.79 Å². The van der Waals surface area contributed by atoms with Crippen LogP contribution in [0.4, 0.5) is 0 Å². The van der Waals surface area contributed by atoms with Crippen LogP contribution in [0.2, 0.25) is 0 Å². The third kappa shape index (κ3) is 5.57. The minimum Gasteiger partial charge on any atom is -0.469 e. The summed E-state index contributed by atoms with van der Waals surface area (Å²) < 4.78 is 4.56. The van der Waals surface area contributed by atoms with E-state index in [1.165, 1.54) is 18.3 Å². The minimum atomic E-state index is -0.204. The van der Waals surface area contributed by atoms with Crippen LogP contribution in [0.5, 0.6) is 0 Å². The summed E-state index contributed by atoms with van der Waals surface area (Å²) in [5, 5.41) is 0. The maximum Gasteiger partial charge on any atom is 0.309 e. The fourth-order valence-electron chi connectivity index (χ4n) is 0.979. The topological polar surface area (TPSA) is 26.3 Å². The van der Waals surface area contributed by atoms with Gasteiger partial charge in [0.2, 0.25) is 0 Å². The molecule has 2 nitrogen and oxygen atoms in total. The van der Waals surface area contributed by atoms with Crippen LogP contribution in [0.15, 0.2) is 23.3 Å². The second-order valence-electron chi connectivity index (χ2n) is 3.78. The SMILES string of the molecule is C=C(CCC(C)=C(C)C)CC(=O)OC. The van der Waals surface area contributed by atoms with E-state index in [1.807, 2.05) is 0 Å². The van der Waals surface area contributed by atoms with Gasteiger partial charge in [-0.2, -0.15) is 0 Å². The number of ether oxygens (including phenoxy) is 1. The van der Waals surface area contributed by atoms with Gasteiger partial charge in [-0.05, 0) is 33.6 Å². The number of allylic oxidation sites excluding steroid dienone is 2. The fraction of sp³-hybridized carbons (Fsp3) is 0.583. The first-order valence-electron chi connectivity index (χ1n) is 4.83. The zero-order chi connectivity index (χ0) is 11.1. The number of carbonyl (C=O) groups excluding carboxylic acids is 1. The standard InChI is InChI=1S/C12H20O2/c1-9(2)11(4)7-6-10(3)8-12(13)14-5/h3,6-8H2,1-2,4-5H3. The number of rotatable bonds is 5. The van der Waals surface area contributed by atoms with E-state index in [9.17, 15) is 4.79 Å². The van der Waals surface area contributed by atoms with Crippen molar-refractivity contribution in [3.8, 4) is 0 Å². The molecule has 0 saturated carbocycles. The molecule has 0 aromatic carbocycles. The minimum absolute atomic E-state index is 0.204. The smallest absolute Gasteiger partial charge is 0.309 e. The molecule has 14 heavy (non-hydrogen) atoms. The average molecular weight is 196 g/mol. The molecule has 0 aliphatic carbocycles. The van der Waals surface area contributed by atoms with E-state index in [0.29, 0.717) is 6.42 Å². The highest BCUT2D eigenvalue weighted by Crippen LogP contribution is 2.15. The Hall–Kier alpha value is -1.05. The molecule has 0 N–H and O–H groups in total. The van der Waals surface area contributed by atoms with Gasteiger partial charge in [-0.25, -0.2) is 0 Å². The van der Waals surface area contributed by atoms with Gasteiger partial charge >= 0.3 is 5.97 Å². The van der Waals surface area contributed by atoms with Crippen molar-refractivity contribution in [1.82, 2.24) is 0 Å². The molecule has 0 bridgehead atoms. The van der Waals surface area contributed by atoms with Crippen LogP contribution in [-0.2, 0) is 9.53 Å². The van der Waals surface area contributed by atoms with Crippen LogP contribution in [-0.4, -0.2) is 13.1 Å². The molecule has 0 fully saturated rings. The van der Waals surface area contributed by atoms with Gasteiger partial charge in [0, 0.05) is 0 Å². The predicted octanol–water partition coefficient (Wildman–Crippen LogP) is 3.24. The molecule has 2 heteroatoms. The third-order valence-electron chi connectivity index (χ3n) is 2.33. The Morgan fingerprint density at radius 3 is 2.21 bits per heavy atom. The monoisotopic (exact) mass is 196 g/mol. The predicted molar refractivity (Wildman–Crippen MR) is 59.1 cm³/mol. The van der Waals surface area contributed by atoms with Crippen LogP contribution in [0, 0.1) is 0 Å². The molecule has 0 unspecified atom stereocenters. The van der Waals surface area contributed by atoms with E-state index in [-0.39, 0.29) is 5.97 Å². The summed E-state index contributed by atoms with van der Waals surface area (Å²) in [4.78, 5) is 10.9. The Labute approximate surface area is 86.6 Å². The van der Waals surface area contributed by atoms with Crippen LogP contribution < -0.4 is 0 Å². The van der Waals surface area contributed by atoms with Crippen LogP contribution >= 0.6 is 0 Å². The first-order valence-corrected chi connectivity index (χ1v) is 4.83. The molecule has 80 valence electrons. The molecular weight excluding hydrogens is 176 g/mol. The molecule has 0 aromatic rings. The van der Waals surface area contributed by atoms with Crippen molar-refractivity contribution in [2.45, 2.75) is 40.0 Å². The molecule has 0 radical (unpaired) electrons. The number of hydrogen-bond acceptors (Lipinski definition) is 2. The maximum absolute atomic E-state index is 10.9. The van der Waals surface area contributed by atoms with Crippen LogP contribution in [0.25, 0.3) is 0 Å². The van der Waals surface area contributed by atoms with Crippen molar-refractivity contribution in [3.05, 3.63) is 23.3 Å². The summed E-state index contributed by atoms with van der Waals surface area (Å²) in [6.45, 7) is 10.2. The fourth-order valence-corrected chi connectivity index (χ4v) is 0.979. The van der Waals surface area contributed by atoms with Crippen molar-refractivity contribution in [1.29, 1.82) is 0 Å². The van der Waals surface area contributed by atoms with Gasteiger partial charge in [-0.15, -0.1) is 0 Å². The molecular formula is C12H20O2. The van der Waals surface area contributed by atoms with E-state index in [0.717, 1.165) is 18.4 Å². The van der Waals surface area contributed by atoms with Crippen molar-refractivity contribution in [3.63, 3.8) is 0 Å². The largest absolute Gasteiger partial charge is 0.469 e. The highest BCUT2D eigenvalue weighted by Gasteiger charge is 2.04. The highest BCUT2D eigenvalue weighted by atomic mass is 16.5. The van der Waals surface area contributed by atoms with Crippen LogP contribution in [0.1, 0.15) is 40.0 Å². The summed E-state index contributed by atoms with van der Waals surface area (Å²) >= 11 is 0. The summed E-state index contributed by atoms with van der Waals surface area (Å²) in [6.07, 6.45) is 2.19. The van der Waals surface area contributed by atoms with Crippen molar-refractivity contribution in [2.24, 2.45) is 0 Å². The number of esters is 1. The summed E-state index contributed by atoms with van der Waals surface area (Å²) in [6, 6.07) is 0. The summed E-state index contributed by atoms with van der Waals surface area (Å²) in [5.74, 6) is -0.204. The first-order chi connectivity index (χ1) is 6.47. The molecule has 0 aromatic heterocycles. The van der Waals surface area contributed by atoms with E-state index in [2.05, 4.69) is 32.1 Å². The summed E-state index contributed by atoms with van der Waals surface area (Å²) in [5.41, 5.74) is 3.66. The lowest BCUT2D eigenvalue weighted by Gasteiger charge is -2.06. The van der Waals surface area contributed by atoms with Gasteiger partial charge in [0.1, 0.15) is 0 Å². The molecule has 0 aliphatic heterocycles. The number of carbonyl (C=O) groups is 1. The van der Waals surface area contributed by atoms with E-state index >= 15 is 0 Å². The molecule has 0 atom stereocenters. The van der Waals surface area contributed by atoms with Crippen molar-refractivity contribution in [2.75, 3.05) is 7.11 Å².